The Morgan fingerprint density at radius 3 is 2.35 bits per heavy atom. The van der Waals surface area contributed by atoms with Gasteiger partial charge in [0.25, 0.3) is 0 Å². The van der Waals surface area contributed by atoms with Crippen molar-refractivity contribution in [1.82, 2.24) is 0 Å². The number of nitrogens with zero attached hydrogens (tertiary/aromatic N) is 1. The standard InChI is InChI=1S/C16H16ClN3O4S.K/c1-11(10-16(21)18-15-5-3-2-4-14(15)17)19-20-12-6-8-13(9-7-12)25(22,23)24;/h2-9,20H,10H2,1H3,(H,18,21)(H,22,23,24);/q;+1/p-1/b19-11+;. The van der Waals surface area contributed by atoms with Crippen molar-refractivity contribution in [2.45, 2.75) is 18.2 Å². The Hall–Kier alpha value is -0.784. The molecule has 1 amide bonds. The molecule has 0 spiro atoms. The summed E-state index contributed by atoms with van der Waals surface area (Å²) in [5, 5.41) is 7.16. The number of carbonyl (C=O) groups is 1. The first kappa shape index (κ1) is 23.3. The molecular formula is C16H15ClKN3O4S. The van der Waals surface area contributed by atoms with Crippen LogP contribution in [-0.4, -0.2) is 24.6 Å². The number of rotatable bonds is 6. The zero-order chi connectivity index (χ0) is 18.4. The van der Waals surface area contributed by atoms with Crippen molar-refractivity contribution >= 4 is 44.7 Å². The Kier molecular flexibility index (Phi) is 9.41. The third kappa shape index (κ3) is 7.45. The van der Waals surface area contributed by atoms with E-state index >= 15 is 0 Å². The number of amides is 1. The molecule has 26 heavy (non-hydrogen) atoms. The van der Waals surface area contributed by atoms with E-state index in [4.69, 9.17) is 11.6 Å². The van der Waals surface area contributed by atoms with Crippen molar-refractivity contribution in [3.8, 4) is 0 Å². The predicted octanol–water partition coefficient (Wildman–Crippen LogP) is 0.0647. The first-order chi connectivity index (χ1) is 11.8. The van der Waals surface area contributed by atoms with Crippen molar-refractivity contribution in [3.63, 3.8) is 0 Å². The van der Waals surface area contributed by atoms with E-state index in [0.29, 0.717) is 22.1 Å². The molecule has 132 valence electrons. The van der Waals surface area contributed by atoms with Gasteiger partial charge in [-0.3, -0.25) is 10.2 Å². The largest absolute Gasteiger partial charge is 1.00 e. The van der Waals surface area contributed by atoms with E-state index in [2.05, 4.69) is 15.8 Å². The van der Waals surface area contributed by atoms with Crippen LogP contribution in [0.3, 0.4) is 0 Å². The molecule has 0 aliphatic rings. The fourth-order valence-corrected chi connectivity index (χ4v) is 2.54. The summed E-state index contributed by atoms with van der Waals surface area (Å²) in [6.45, 7) is 1.66. The third-order valence-electron chi connectivity index (χ3n) is 3.08. The second kappa shape index (κ2) is 10.5. The van der Waals surface area contributed by atoms with Gasteiger partial charge in [-0.2, -0.15) is 5.10 Å². The fraction of sp³-hybridized carbons (Fsp3) is 0.125. The van der Waals surface area contributed by atoms with Crippen molar-refractivity contribution in [2.75, 3.05) is 10.7 Å². The molecule has 0 unspecified atom stereocenters. The molecule has 10 heteroatoms. The van der Waals surface area contributed by atoms with Crippen molar-refractivity contribution in [2.24, 2.45) is 5.10 Å². The molecule has 0 fully saturated rings. The second-order valence-electron chi connectivity index (χ2n) is 5.14. The third-order valence-corrected chi connectivity index (χ3v) is 4.26. The maximum atomic E-state index is 12.0. The summed E-state index contributed by atoms with van der Waals surface area (Å²) in [5.41, 5.74) is 4.20. The maximum Gasteiger partial charge on any atom is 1.00 e. The fourth-order valence-electron chi connectivity index (χ4n) is 1.88. The molecule has 0 bridgehead atoms. The molecule has 7 nitrogen and oxygen atoms in total. The minimum Gasteiger partial charge on any atom is -0.744 e. The molecule has 0 atom stereocenters. The minimum atomic E-state index is -4.48. The van der Waals surface area contributed by atoms with Gasteiger partial charge in [0.05, 0.1) is 27.7 Å². The number of anilines is 2. The van der Waals surface area contributed by atoms with Crippen LogP contribution in [0.15, 0.2) is 58.5 Å². The summed E-state index contributed by atoms with van der Waals surface area (Å²) < 4.78 is 32.5. The molecule has 2 aromatic rings. The van der Waals surface area contributed by atoms with E-state index in [1.165, 1.54) is 24.3 Å². The number of benzene rings is 2. The average Bonchev–Trinajstić information content (AvgIpc) is 2.54. The van der Waals surface area contributed by atoms with Gasteiger partial charge in [0.1, 0.15) is 10.1 Å². The summed E-state index contributed by atoms with van der Waals surface area (Å²) in [5.74, 6) is -0.274. The molecule has 0 heterocycles. The van der Waals surface area contributed by atoms with Crippen LogP contribution in [0.4, 0.5) is 11.4 Å². The van der Waals surface area contributed by atoms with E-state index in [0.717, 1.165) is 0 Å². The first-order valence-corrected chi connectivity index (χ1v) is 8.94. The van der Waals surface area contributed by atoms with E-state index in [9.17, 15) is 17.8 Å². The number of halogens is 1. The summed E-state index contributed by atoms with van der Waals surface area (Å²) in [7, 11) is -4.48. The quantitative estimate of drug-likeness (QED) is 0.298. The number of nitrogens with one attached hydrogen (secondary N) is 2. The number of hydrazone groups is 1. The van der Waals surface area contributed by atoms with Crippen LogP contribution >= 0.6 is 11.6 Å². The monoisotopic (exact) mass is 419 g/mol. The van der Waals surface area contributed by atoms with Crippen LogP contribution in [0, 0.1) is 0 Å². The number of hydrogen-bond donors (Lipinski definition) is 2. The SMILES string of the molecule is C/C(CC(=O)Nc1ccccc1Cl)=N\Nc1ccc(S(=O)(=O)[O-])cc1.[K+]. The molecule has 0 aliphatic carbocycles. The topological polar surface area (TPSA) is 111 Å². The summed E-state index contributed by atoms with van der Waals surface area (Å²) >= 11 is 5.97. The maximum absolute atomic E-state index is 12.0. The zero-order valence-corrected chi connectivity index (χ0v) is 18.9. The molecule has 0 radical (unpaired) electrons. The molecule has 0 saturated heterocycles. The predicted molar refractivity (Wildman–Crippen MR) is 95.8 cm³/mol. The van der Waals surface area contributed by atoms with Crippen molar-refractivity contribution in [1.29, 1.82) is 0 Å². The molecule has 0 aromatic heterocycles. The van der Waals surface area contributed by atoms with Crippen LogP contribution in [-0.2, 0) is 14.9 Å². The molecule has 2 N–H and O–H groups in total. The summed E-state index contributed by atoms with van der Waals surface area (Å²) in [6, 6.07) is 12.1. The molecule has 2 rings (SSSR count). The summed E-state index contributed by atoms with van der Waals surface area (Å²) in [4.78, 5) is 11.6. The van der Waals surface area contributed by atoms with Crippen LogP contribution in [0.25, 0.3) is 0 Å². The number of carbonyl (C=O) groups excluding carboxylic acids is 1. The summed E-state index contributed by atoms with van der Waals surface area (Å²) in [6.07, 6.45) is 0.0469. The van der Waals surface area contributed by atoms with Gasteiger partial charge in [0.15, 0.2) is 0 Å². The van der Waals surface area contributed by atoms with Crippen LogP contribution in [0.1, 0.15) is 13.3 Å². The van der Waals surface area contributed by atoms with E-state index < -0.39 is 10.1 Å². The van der Waals surface area contributed by atoms with E-state index in [-0.39, 0.29) is 68.6 Å². The first-order valence-electron chi connectivity index (χ1n) is 7.15. The number of hydrogen-bond acceptors (Lipinski definition) is 6. The van der Waals surface area contributed by atoms with Crippen LogP contribution in [0.2, 0.25) is 5.02 Å². The molecule has 0 saturated carbocycles. The normalized spacial score (nSPS) is 11.4. The van der Waals surface area contributed by atoms with Gasteiger partial charge >= 0.3 is 51.4 Å². The Bertz CT molecular complexity index is 902. The Labute approximate surface area is 199 Å². The smallest absolute Gasteiger partial charge is 0.744 e. The Morgan fingerprint density at radius 1 is 1.15 bits per heavy atom. The van der Waals surface area contributed by atoms with Gasteiger partial charge in [-0.05, 0) is 43.3 Å². The molecule has 2 aromatic carbocycles. The minimum absolute atomic E-state index is 0. The van der Waals surface area contributed by atoms with Crippen LogP contribution in [0.5, 0.6) is 0 Å². The Morgan fingerprint density at radius 2 is 1.77 bits per heavy atom. The molecular weight excluding hydrogens is 405 g/mol. The average molecular weight is 420 g/mol. The molecule has 0 aliphatic heterocycles. The van der Waals surface area contributed by atoms with Gasteiger partial charge in [0.2, 0.25) is 5.91 Å². The van der Waals surface area contributed by atoms with Gasteiger partial charge in [-0.25, -0.2) is 8.42 Å². The number of para-hydroxylation sites is 1. The van der Waals surface area contributed by atoms with Crippen molar-refractivity contribution in [3.05, 3.63) is 53.6 Å². The van der Waals surface area contributed by atoms with E-state index in [1.54, 1.807) is 31.2 Å². The van der Waals surface area contributed by atoms with Gasteiger partial charge < -0.3 is 9.87 Å². The van der Waals surface area contributed by atoms with Gasteiger partial charge in [0, 0.05) is 5.71 Å². The van der Waals surface area contributed by atoms with Gasteiger partial charge in [-0.1, -0.05) is 23.7 Å². The van der Waals surface area contributed by atoms with Crippen LogP contribution < -0.4 is 62.1 Å². The zero-order valence-electron chi connectivity index (χ0n) is 14.2. The van der Waals surface area contributed by atoms with Crippen molar-refractivity contribution < 1.29 is 69.1 Å². The van der Waals surface area contributed by atoms with E-state index in [1.807, 2.05) is 0 Å². The Balaban J connectivity index is 0.00000338. The second-order valence-corrected chi connectivity index (χ2v) is 6.93. The van der Waals surface area contributed by atoms with Gasteiger partial charge in [-0.15, -0.1) is 0 Å².